The molecule has 1 aromatic rings. The summed E-state index contributed by atoms with van der Waals surface area (Å²) >= 11 is 5.59. The lowest BCUT2D eigenvalue weighted by Gasteiger charge is -2.06. The molecule has 4 heteroatoms. The summed E-state index contributed by atoms with van der Waals surface area (Å²) in [7, 11) is 1.94. The Kier molecular flexibility index (Phi) is 3.37. The number of carbonyl (C=O) groups excluding carboxylic acids is 1. The molecular weight excluding hydrogens is 188 g/mol. The Morgan fingerprint density at radius 3 is 2.92 bits per heavy atom. The first-order valence-corrected chi connectivity index (χ1v) is 4.57. The molecule has 1 rings (SSSR count). The molecule has 0 aromatic carbocycles. The van der Waals surface area contributed by atoms with Crippen molar-refractivity contribution in [2.24, 2.45) is 7.05 Å². The zero-order chi connectivity index (χ0) is 9.84. The number of aromatic nitrogens is 1. The van der Waals surface area contributed by atoms with E-state index in [0.717, 1.165) is 5.69 Å². The van der Waals surface area contributed by atoms with Crippen LogP contribution in [0.5, 0.6) is 0 Å². The predicted molar refractivity (Wildman–Crippen MR) is 52.6 cm³/mol. The van der Waals surface area contributed by atoms with Gasteiger partial charge in [0, 0.05) is 18.9 Å². The molecule has 13 heavy (non-hydrogen) atoms. The van der Waals surface area contributed by atoms with Gasteiger partial charge in [-0.15, -0.1) is 11.6 Å². The minimum atomic E-state index is -0.472. The average molecular weight is 201 g/mol. The molecule has 0 spiro atoms. The van der Waals surface area contributed by atoms with Gasteiger partial charge in [0.2, 0.25) is 5.91 Å². The molecular formula is C9H13ClN2O. The molecule has 0 aliphatic rings. The van der Waals surface area contributed by atoms with Crippen LogP contribution in [0.4, 0.5) is 0 Å². The van der Waals surface area contributed by atoms with Crippen molar-refractivity contribution in [3.8, 4) is 0 Å². The number of nitrogens with one attached hydrogen (secondary N) is 1. The van der Waals surface area contributed by atoms with Gasteiger partial charge >= 0.3 is 0 Å². The highest BCUT2D eigenvalue weighted by atomic mass is 35.5. The van der Waals surface area contributed by atoms with Crippen molar-refractivity contribution in [2.45, 2.75) is 18.8 Å². The van der Waals surface area contributed by atoms with Crippen molar-refractivity contribution in [1.29, 1.82) is 0 Å². The van der Waals surface area contributed by atoms with Gasteiger partial charge in [-0.1, -0.05) is 0 Å². The van der Waals surface area contributed by atoms with E-state index in [-0.39, 0.29) is 5.91 Å². The second-order valence-electron chi connectivity index (χ2n) is 2.94. The lowest BCUT2D eigenvalue weighted by atomic mass is 10.4. The monoisotopic (exact) mass is 200 g/mol. The minimum Gasteiger partial charge on any atom is -0.353 e. The average Bonchev–Trinajstić information content (AvgIpc) is 2.47. The lowest BCUT2D eigenvalue weighted by Crippen LogP contribution is -2.29. The van der Waals surface area contributed by atoms with E-state index in [2.05, 4.69) is 5.32 Å². The van der Waals surface area contributed by atoms with Crippen LogP contribution in [0.25, 0.3) is 0 Å². The number of carbonyl (C=O) groups is 1. The molecule has 0 bridgehead atoms. The fourth-order valence-corrected chi connectivity index (χ4v) is 1.08. The number of hydrogen-bond donors (Lipinski definition) is 1. The zero-order valence-corrected chi connectivity index (χ0v) is 8.51. The maximum Gasteiger partial charge on any atom is 0.238 e. The normalized spacial score (nSPS) is 12.5. The van der Waals surface area contributed by atoms with E-state index in [1.165, 1.54) is 0 Å². The molecule has 0 radical (unpaired) electrons. The Morgan fingerprint density at radius 1 is 1.77 bits per heavy atom. The minimum absolute atomic E-state index is 0.136. The number of aryl methyl sites for hydroxylation is 1. The number of amides is 1. The summed E-state index contributed by atoms with van der Waals surface area (Å²) < 4.78 is 1.96. The lowest BCUT2D eigenvalue weighted by molar-refractivity contribution is -0.120. The molecule has 1 aromatic heterocycles. The molecule has 1 amide bonds. The number of hydrogen-bond acceptors (Lipinski definition) is 1. The van der Waals surface area contributed by atoms with Gasteiger partial charge in [0.15, 0.2) is 0 Å². The highest BCUT2D eigenvalue weighted by Crippen LogP contribution is 1.99. The van der Waals surface area contributed by atoms with Crippen LogP contribution < -0.4 is 5.32 Å². The van der Waals surface area contributed by atoms with Gasteiger partial charge in [0.1, 0.15) is 5.38 Å². The highest BCUT2D eigenvalue weighted by molar-refractivity contribution is 6.30. The predicted octanol–water partition coefficient (Wildman–Crippen LogP) is 1.27. The second kappa shape index (κ2) is 4.33. The van der Waals surface area contributed by atoms with Crippen molar-refractivity contribution in [3.63, 3.8) is 0 Å². The molecule has 0 aliphatic heterocycles. The van der Waals surface area contributed by atoms with Crippen LogP contribution in [0.1, 0.15) is 12.6 Å². The van der Waals surface area contributed by atoms with Crippen LogP contribution in [0.15, 0.2) is 18.3 Å². The van der Waals surface area contributed by atoms with E-state index in [1.54, 1.807) is 6.92 Å². The first kappa shape index (κ1) is 10.1. The van der Waals surface area contributed by atoms with E-state index in [9.17, 15) is 4.79 Å². The van der Waals surface area contributed by atoms with Crippen LogP contribution in [-0.2, 0) is 18.4 Å². The van der Waals surface area contributed by atoms with E-state index in [0.29, 0.717) is 6.54 Å². The van der Waals surface area contributed by atoms with Gasteiger partial charge in [-0.3, -0.25) is 4.79 Å². The number of rotatable bonds is 3. The topological polar surface area (TPSA) is 34.0 Å². The third-order valence-corrected chi connectivity index (χ3v) is 2.05. The standard InChI is InChI=1S/C9H13ClN2O/c1-7(10)9(13)11-6-8-4-3-5-12(8)2/h3-5,7H,6H2,1-2H3,(H,11,13). The molecule has 1 atom stereocenters. The molecule has 0 saturated carbocycles. The molecule has 1 unspecified atom stereocenters. The van der Waals surface area contributed by atoms with E-state index in [1.807, 2.05) is 29.9 Å². The summed E-state index contributed by atoms with van der Waals surface area (Å²) in [6.07, 6.45) is 1.94. The Balaban J connectivity index is 2.44. The smallest absolute Gasteiger partial charge is 0.238 e. The van der Waals surface area contributed by atoms with Gasteiger partial charge in [-0.2, -0.15) is 0 Å². The van der Waals surface area contributed by atoms with E-state index < -0.39 is 5.38 Å². The molecule has 0 aliphatic carbocycles. The first-order chi connectivity index (χ1) is 6.11. The van der Waals surface area contributed by atoms with Crippen molar-refractivity contribution < 1.29 is 4.79 Å². The Morgan fingerprint density at radius 2 is 2.46 bits per heavy atom. The summed E-state index contributed by atoms with van der Waals surface area (Å²) in [6, 6.07) is 3.89. The quantitative estimate of drug-likeness (QED) is 0.733. The maximum absolute atomic E-state index is 11.1. The van der Waals surface area contributed by atoms with Crippen molar-refractivity contribution in [1.82, 2.24) is 9.88 Å². The van der Waals surface area contributed by atoms with Crippen LogP contribution in [0.2, 0.25) is 0 Å². The highest BCUT2D eigenvalue weighted by Gasteiger charge is 2.08. The Labute approximate surface area is 82.7 Å². The van der Waals surface area contributed by atoms with E-state index >= 15 is 0 Å². The fourth-order valence-electron chi connectivity index (χ4n) is 0.998. The number of halogens is 1. The molecule has 1 N–H and O–H groups in total. The summed E-state index contributed by atoms with van der Waals surface area (Å²) in [5.74, 6) is -0.136. The van der Waals surface area contributed by atoms with Gasteiger partial charge in [0.05, 0.1) is 6.54 Å². The SMILES string of the molecule is CC(Cl)C(=O)NCc1cccn1C. The van der Waals surface area contributed by atoms with Crippen LogP contribution in [0.3, 0.4) is 0 Å². The number of nitrogens with zero attached hydrogens (tertiary/aromatic N) is 1. The van der Waals surface area contributed by atoms with Crippen molar-refractivity contribution >= 4 is 17.5 Å². The first-order valence-electron chi connectivity index (χ1n) is 4.13. The molecule has 0 fully saturated rings. The number of alkyl halides is 1. The summed E-state index contributed by atoms with van der Waals surface area (Å²) in [4.78, 5) is 11.1. The molecule has 0 saturated heterocycles. The van der Waals surface area contributed by atoms with Gasteiger partial charge in [-0.25, -0.2) is 0 Å². The molecule has 3 nitrogen and oxygen atoms in total. The summed E-state index contributed by atoms with van der Waals surface area (Å²) in [5.41, 5.74) is 1.06. The summed E-state index contributed by atoms with van der Waals surface area (Å²) in [6.45, 7) is 2.18. The Hall–Kier alpha value is -0.960. The zero-order valence-electron chi connectivity index (χ0n) is 7.75. The van der Waals surface area contributed by atoms with Crippen molar-refractivity contribution in [3.05, 3.63) is 24.0 Å². The second-order valence-corrected chi connectivity index (χ2v) is 3.60. The third kappa shape index (κ3) is 2.77. The maximum atomic E-state index is 11.1. The molecule has 72 valence electrons. The van der Waals surface area contributed by atoms with Crippen LogP contribution in [-0.4, -0.2) is 15.9 Å². The van der Waals surface area contributed by atoms with Gasteiger partial charge in [-0.05, 0) is 19.1 Å². The van der Waals surface area contributed by atoms with Gasteiger partial charge in [0.25, 0.3) is 0 Å². The van der Waals surface area contributed by atoms with Gasteiger partial charge < -0.3 is 9.88 Å². The van der Waals surface area contributed by atoms with Crippen LogP contribution in [0, 0.1) is 0 Å². The molecule has 1 heterocycles. The third-order valence-electron chi connectivity index (χ3n) is 1.86. The summed E-state index contributed by atoms with van der Waals surface area (Å²) in [5, 5.41) is 2.26. The van der Waals surface area contributed by atoms with Crippen molar-refractivity contribution in [2.75, 3.05) is 0 Å². The van der Waals surface area contributed by atoms with E-state index in [4.69, 9.17) is 11.6 Å². The largest absolute Gasteiger partial charge is 0.353 e. The Bertz CT molecular complexity index is 294. The van der Waals surface area contributed by atoms with Crippen LogP contribution >= 0.6 is 11.6 Å². The fraction of sp³-hybridized carbons (Fsp3) is 0.444.